The van der Waals surface area contributed by atoms with E-state index < -0.39 is 33.7 Å². The van der Waals surface area contributed by atoms with Crippen molar-refractivity contribution >= 4 is 11.7 Å². The summed E-state index contributed by atoms with van der Waals surface area (Å²) in [6.45, 7) is 4.96. The van der Waals surface area contributed by atoms with Gasteiger partial charge in [0.25, 0.3) is 5.69 Å². The highest BCUT2D eigenvalue weighted by Gasteiger charge is 2.42. The van der Waals surface area contributed by atoms with Gasteiger partial charge in [0.05, 0.1) is 16.9 Å². The van der Waals surface area contributed by atoms with Crippen molar-refractivity contribution in [2.24, 2.45) is 0 Å². The van der Waals surface area contributed by atoms with Crippen LogP contribution in [0.3, 0.4) is 0 Å². The van der Waals surface area contributed by atoms with Crippen LogP contribution in [0, 0.1) is 10.1 Å². The molecule has 0 fully saturated rings. The Morgan fingerprint density at radius 3 is 2.35 bits per heavy atom. The first kappa shape index (κ1) is 18.9. The molecule has 0 aliphatic carbocycles. The summed E-state index contributed by atoms with van der Waals surface area (Å²) < 4.78 is 44.2. The number of rotatable bonds is 6. The Morgan fingerprint density at radius 2 is 1.91 bits per heavy atom. The van der Waals surface area contributed by atoms with Crippen molar-refractivity contribution in [2.75, 3.05) is 6.61 Å². The summed E-state index contributed by atoms with van der Waals surface area (Å²) in [6, 6.07) is 2.63. The molecule has 1 rings (SSSR count). The number of nitro benzene ring substituents is 1. The second kappa shape index (κ2) is 6.97. The van der Waals surface area contributed by atoms with E-state index in [2.05, 4.69) is 0 Å². The summed E-state index contributed by atoms with van der Waals surface area (Å²) in [7, 11) is 0. The first-order chi connectivity index (χ1) is 10.6. The highest BCUT2D eigenvalue weighted by Crippen LogP contribution is 2.40. The third-order valence-corrected chi connectivity index (χ3v) is 3.61. The largest absolute Gasteiger partial charge is 0.465 e. The minimum atomic E-state index is -4.89. The van der Waals surface area contributed by atoms with Crippen molar-refractivity contribution in [1.82, 2.24) is 0 Å². The molecule has 0 saturated carbocycles. The number of ether oxygens (including phenoxy) is 1. The summed E-state index contributed by atoms with van der Waals surface area (Å²) in [5.41, 5.74) is -3.65. The van der Waals surface area contributed by atoms with Gasteiger partial charge >= 0.3 is 12.1 Å². The van der Waals surface area contributed by atoms with Gasteiger partial charge in [0.15, 0.2) is 0 Å². The quantitative estimate of drug-likeness (QED) is 0.444. The van der Waals surface area contributed by atoms with E-state index in [0.717, 1.165) is 6.07 Å². The number of nitro groups is 1. The molecule has 128 valence electrons. The fourth-order valence-corrected chi connectivity index (χ4v) is 2.42. The zero-order chi connectivity index (χ0) is 17.8. The number of nitrogens with zero attached hydrogens (tertiary/aromatic N) is 1. The van der Waals surface area contributed by atoms with Gasteiger partial charge in [-0.25, -0.2) is 0 Å². The normalized spacial score (nSPS) is 14.2. The van der Waals surface area contributed by atoms with Crippen LogP contribution in [-0.4, -0.2) is 17.5 Å². The van der Waals surface area contributed by atoms with Crippen LogP contribution < -0.4 is 0 Å². The van der Waals surface area contributed by atoms with Crippen LogP contribution in [0.1, 0.15) is 44.7 Å². The monoisotopic (exact) mass is 333 g/mol. The molecule has 1 atom stereocenters. The smallest absolute Gasteiger partial charge is 0.423 e. The summed E-state index contributed by atoms with van der Waals surface area (Å²) >= 11 is 0. The second-order valence-electron chi connectivity index (χ2n) is 5.29. The first-order valence-corrected chi connectivity index (χ1v) is 7.11. The number of carbonyl (C=O) groups excluding carboxylic acids is 1. The molecule has 0 radical (unpaired) electrons. The molecule has 0 amide bonds. The summed E-state index contributed by atoms with van der Waals surface area (Å²) in [5.74, 6) is -0.649. The molecule has 0 saturated heterocycles. The second-order valence-corrected chi connectivity index (χ2v) is 5.29. The van der Waals surface area contributed by atoms with Crippen molar-refractivity contribution in [2.45, 2.75) is 45.2 Å². The lowest BCUT2D eigenvalue weighted by Crippen LogP contribution is -2.34. The Balaban J connectivity index is 3.51. The van der Waals surface area contributed by atoms with E-state index in [-0.39, 0.29) is 18.6 Å². The van der Waals surface area contributed by atoms with E-state index in [4.69, 9.17) is 4.74 Å². The molecule has 23 heavy (non-hydrogen) atoms. The fraction of sp³-hybridized carbons (Fsp3) is 0.533. The van der Waals surface area contributed by atoms with Crippen LogP contribution >= 0.6 is 0 Å². The van der Waals surface area contributed by atoms with Gasteiger partial charge in [0.2, 0.25) is 0 Å². The molecule has 0 spiro atoms. The van der Waals surface area contributed by atoms with Gasteiger partial charge in [-0.3, -0.25) is 14.9 Å². The average Bonchev–Trinajstić information content (AvgIpc) is 2.46. The maximum Gasteiger partial charge on any atom is 0.423 e. The summed E-state index contributed by atoms with van der Waals surface area (Å²) in [4.78, 5) is 21.9. The van der Waals surface area contributed by atoms with E-state index in [1.54, 1.807) is 13.8 Å². The van der Waals surface area contributed by atoms with Gasteiger partial charge in [-0.2, -0.15) is 13.2 Å². The van der Waals surface area contributed by atoms with Gasteiger partial charge in [-0.05, 0) is 31.9 Å². The first-order valence-electron chi connectivity index (χ1n) is 7.11. The lowest BCUT2D eigenvalue weighted by atomic mass is 9.78. The third-order valence-electron chi connectivity index (χ3n) is 3.61. The molecule has 1 aromatic rings. The maximum absolute atomic E-state index is 13.1. The fourth-order valence-electron chi connectivity index (χ4n) is 2.42. The van der Waals surface area contributed by atoms with E-state index in [0.29, 0.717) is 12.5 Å². The zero-order valence-corrected chi connectivity index (χ0v) is 13.1. The van der Waals surface area contributed by atoms with E-state index in [9.17, 15) is 28.1 Å². The minimum Gasteiger partial charge on any atom is -0.465 e. The van der Waals surface area contributed by atoms with E-state index >= 15 is 0 Å². The molecule has 0 aliphatic heterocycles. The third kappa shape index (κ3) is 4.00. The number of benzene rings is 1. The molecule has 0 aliphatic rings. The molecule has 0 heterocycles. The van der Waals surface area contributed by atoms with Crippen LogP contribution in [0.15, 0.2) is 18.2 Å². The molecule has 0 N–H and O–H groups in total. The average molecular weight is 333 g/mol. The van der Waals surface area contributed by atoms with Gasteiger partial charge in [-0.1, -0.05) is 19.4 Å². The molecule has 5 nitrogen and oxygen atoms in total. The van der Waals surface area contributed by atoms with Crippen molar-refractivity contribution < 1.29 is 27.6 Å². The van der Waals surface area contributed by atoms with E-state index in [1.807, 2.05) is 0 Å². The minimum absolute atomic E-state index is 0.0516. The Kier molecular flexibility index (Phi) is 5.74. The Hall–Kier alpha value is -2.12. The molecule has 0 aromatic heterocycles. The topological polar surface area (TPSA) is 69.4 Å². The van der Waals surface area contributed by atoms with Gasteiger partial charge in [0.1, 0.15) is 5.56 Å². The number of esters is 1. The summed E-state index contributed by atoms with van der Waals surface area (Å²) in [5, 5.41) is 10.8. The summed E-state index contributed by atoms with van der Waals surface area (Å²) in [6.07, 6.45) is -4.09. The predicted molar refractivity (Wildman–Crippen MR) is 77.0 cm³/mol. The highest BCUT2D eigenvalue weighted by atomic mass is 19.4. The zero-order valence-electron chi connectivity index (χ0n) is 13.1. The molecular formula is C15H18F3NO4. The Labute approximate surface area is 131 Å². The SMILES string of the molecule is CCCC(C)(C(=O)OCC)c1ccc([N+](=O)[O-])c(C(F)(F)F)c1. The van der Waals surface area contributed by atoms with Crippen molar-refractivity contribution in [1.29, 1.82) is 0 Å². The van der Waals surface area contributed by atoms with Crippen LogP contribution in [0.5, 0.6) is 0 Å². The molecular weight excluding hydrogens is 315 g/mol. The molecule has 8 heteroatoms. The Morgan fingerprint density at radius 1 is 1.30 bits per heavy atom. The van der Waals surface area contributed by atoms with Crippen LogP contribution in [0.2, 0.25) is 0 Å². The number of hydrogen-bond acceptors (Lipinski definition) is 4. The molecule has 1 aromatic carbocycles. The lowest BCUT2D eigenvalue weighted by molar-refractivity contribution is -0.388. The van der Waals surface area contributed by atoms with Crippen molar-refractivity contribution in [3.05, 3.63) is 39.4 Å². The Bertz CT molecular complexity index is 601. The predicted octanol–water partition coefficient (Wildman–Crippen LogP) is 4.23. The maximum atomic E-state index is 13.1. The molecule has 0 bridgehead atoms. The number of halogens is 3. The van der Waals surface area contributed by atoms with Gasteiger partial charge in [0, 0.05) is 6.07 Å². The molecule has 1 unspecified atom stereocenters. The van der Waals surface area contributed by atoms with E-state index in [1.165, 1.54) is 13.0 Å². The number of alkyl halides is 3. The number of hydrogen-bond donors (Lipinski definition) is 0. The van der Waals surface area contributed by atoms with Crippen molar-refractivity contribution in [3.8, 4) is 0 Å². The van der Waals surface area contributed by atoms with Crippen molar-refractivity contribution in [3.63, 3.8) is 0 Å². The van der Waals surface area contributed by atoms with Crippen LogP contribution in [0.25, 0.3) is 0 Å². The van der Waals surface area contributed by atoms with Crippen LogP contribution in [0.4, 0.5) is 18.9 Å². The number of carbonyl (C=O) groups is 1. The van der Waals surface area contributed by atoms with Gasteiger partial charge in [-0.15, -0.1) is 0 Å². The lowest BCUT2D eigenvalue weighted by Gasteiger charge is -2.28. The highest BCUT2D eigenvalue weighted by molar-refractivity contribution is 5.83. The van der Waals surface area contributed by atoms with Gasteiger partial charge < -0.3 is 4.74 Å². The standard InChI is InChI=1S/C15H18F3NO4/c1-4-8-14(3,13(20)23-5-2)10-6-7-12(19(21)22)11(9-10)15(16,17)18/h6-7,9H,4-5,8H2,1-3H3. The van der Waals surface area contributed by atoms with Crippen LogP contribution in [-0.2, 0) is 21.1 Å².